The maximum atomic E-state index is 13.0. The van der Waals surface area contributed by atoms with Gasteiger partial charge >= 0.3 is 0 Å². The minimum Gasteiger partial charge on any atom is -0.467 e. The molecule has 0 bridgehead atoms. The number of fused-ring (bicyclic) bond motifs is 1. The number of amides is 1. The fourth-order valence-electron chi connectivity index (χ4n) is 2.76. The van der Waals surface area contributed by atoms with Crippen molar-refractivity contribution in [3.05, 3.63) is 76.3 Å². The maximum Gasteiger partial charge on any atom is 0.267 e. The molecule has 3 aromatic heterocycles. The molecular weight excluding hydrogens is 394 g/mol. The number of thiophene rings is 1. The summed E-state index contributed by atoms with van der Waals surface area (Å²) in [4.78, 5) is 32.5. The van der Waals surface area contributed by atoms with Gasteiger partial charge in [-0.25, -0.2) is 4.98 Å². The Morgan fingerprint density at radius 2 is 2.04 bits per heavy atom. The van der Waals surface area contributed by atoms with Gasteiger partial charge in [-0.2, -0.15) is 0 Å². The Labute approximate surface area is 169 Å². The molecule has 4 rings (SSSR count). The number of nitrogens with zero attached hydrogens (tertiary/aromatic N) is 3. The van der Waals surface area contributed by atoms with Crippen LogP contribution in [0.2, 0.25) is 0 Å². The van der Waals surface area contributed by atoms with Crippen molar-refractivity contribution in [1.82, 2.24) is 14.5 Å². The zero-order valence-corrected chi connectivity index (χ0v) is 16.7. The largest absolute Gasteiger partial charge is 0.467 e. The Morgan fingerprint density at radius 1 is 1.21 bits per heavy atom. The number of carbonyl (C=O) groups excluding carboxylic acids is 1. The van der Waals surface area contributed by atoms with E-state index in [9.17, 15) is 9.59 Å². The summed E-state index contributed by atoms with van der Waals surface area (Å²) in [6.45, 7) is 0.398. The molecule has 1 aromatic carbocycles. The Hall–Kier alpha value is -2.84. The molecule has 1 amide bonds. The van der Waals surface area contributed by atoms with Gasteiger partial charge in [-0.1, -0.05) is 30.0 Å². The molecule has 8 heteroatoms. The fraction of sp³-hybridized carbons (Fsp3) is 0.150. The summed E-state index contributed by atoms with van der Waals surface area (Å²) in [6, 6.07) is 14.8. The normalized spacial score (nSPS) is 11.0. The van der Waals surface area contributed by atoms with Gasteiger partial charge in [0.2, 0.25) is 5.91 Å². The van der Waals surface area contributed by atoms with Crippen LogP contribution in [0.25, 0.3) is 15.9 Å². The highest BCUT2D eigenvalue weighted by atomic mass is 32.2. The van der Waals surface area contributed by atoms with E-state index < -0.39 is 0 Å². The van der Waals surface area contributed by atoms with Crippen LogP contribution < -0.4 is 5.56 Å². The monoisotopic (exact) mass is 411 g/mol. The summed E-state index contributed by atoms with van der Waals surface area (Å²) in [5.74, 6) is 0.828. The second kappa shape index (κ2) is 8.04. The van der Waals surface area contributed by atoms with E-state index in [-0.39, 0.29) is 17.2 Å². The highest BCUT2D eigenvalue weighted by Crippen LogP contribution is 2.24. The van der Waals surface area contributed by atoms with Gasteiger partial charge in [0.15, 0.2) is 5.16 Å². The Morgan fingerprint density at radius 3 is 2.79 bits per heavy atom. The van der Waals surface area contributed by atoms with E-state index in [2.05, 4.69) is 4.98 Å². The lowest BCUT2D eigenvalue weighted by Crippen LogP contribution is -2.28. The van der Waals surface area contributed by atoms with E-state index in [0.29, 0.717) is 21.9 Å². The molecule has 0 aliphatic rings. The molecule has 0 fully saturated rings. The average Bonchev–Trinajstić information content (AvgIpc) is 3.38. The lowest BCUT2D eigenvalue weighted by atomic mass is 10.3. The fourth-order valence-corrected chi connectivity index (χ4v) is 4.52. The second-order valence-electron chi connectivity index (χ2n) is 6.13. The van der Waals surface area contributed by atoms with Crippen LogP contribution in [0.4, 0.5) is 0 Å². The second-order valence-corrected chi connectivity index (χ2v) is 7.96. The first-order valence-corrected chi connectivity index (χ1v) is 10.4. The van der Waals surface area contributed by atoms with Gasteiger partial charge in [0, 0.05) is 7.05 Å². The minimum atomic E-state index is -0.128. The third-order valence-corrected chi connectivity index (χ3v) is 5.93. The molecule has 4 aromatic rings. The molecule has 0 spiro atoms. The first-order valence-electron chi connectivity index (χ1n) is 8.58. The van der Waals surface area contributed by atoms with E-state index in [1.54, 1.807) is 34.9 Å². The van der Waals surface area contributed by atoms with Crippen LogP contribution in [-0.4, -0.2) is 33.2 Å². The van der Waals surface area contributed by atoms with Crippen LogP contribution in [0.1, 0.15) is 5.76 Å². The van der Waals surface area contributed by atoms with Gasteiger partial charge in [0.1, 0.15) is 10.6 Å². The summed E-state index contributed by atoms with van der Waals surface area (Å²) in [7, 11) is 1.73. The number of rotatable bonds is 6. The topological polar surface area (TPSA) is 68.3 Å². The molecule has 142 valence electrons. The van der Waals surface area contributed by atoms with Crippen molar-refractivity contribution in [3.8, 4) is 5.69 Å². The van der Waals surface area contributed by atoms with Gasteiger partial charge in [-0.3, -0.25) is 14.2 Å². The van der Waals surface area contributed by atoms with Gasteiger partial charge in [-0.15, -0.1) is 11.3 Å². The molecule has 0 aliphatic carbocycles. The number of aromatic nitrogens is 2. The third-order valence-electron chi connectivity index (χ3n) is 4.20. The zero-order valence-electron chi connectivity index (χ0n) is 15.1. The highest BCUT2D eigenvalue weighted by molar-refractivity contribution is 7.99. The van der Waals surface area contributed by atoms with Gasteiger partial charge in [0.25, 0.3) is 5.56 Å². The molecule has 0 unspecified atom stereocenters. The SMILES string of the molecule is CN(Cc1ccco1)C(=O)CSc1nc2sccc2c(=O)n1-c1ccccc1. The van der Waals surface area contributed by atoms with Crippen LogP contribution >= 0.6 is 23.1 Å². The van der Waals surface area contributed by atoms with Crippen LogP contribution in [-0.2, 0) is 11.3 Å². The Bertz CT molecular complexity index is 1150. The summed E-state index contributed by atoms with van der Waals surface area (Å²) in [6.07, 6.45) is 1.58. The molecule has 0 radical (unpaired) electrons. The number of furan rings is 1. The van der Waals surface area contributed by atoms with Crippen molar-refractivity contribution < 1.29 is 9.21 Å². The van der Waals surface area contributed by atoms with Crippen molar-refractivity contribution in [1.29, 1.82) is 0 Å². The number of para-hydroxylation sites is 1. The van der Waals surface area contributed by atoms with E-state index in [4.69, 9.17) is 4.42 Å². The lowest BCUT2D eigenvalue weighted by Gasteiger charge is -2.16. The predicted octanol–water partition coefficient (Wildman–Crippen LogP) is 3.79. The third kappa shape index (κ3) is 3.74. The Balaban J connectivity index is 1.61. The standard InChI is InChI=1S/C20H17N3O3S2/c1-22(12-15-8-5-10-26-15)17(24)13-28-20-21-18-16(9-11-27-18)19(25)23(20)14-6-3-2-4-7-14/h2-11H,12-13H2,1H3. The number of carbonyl (C=O) groups is 1. The van der Waals surface area contributed by atoms with Gasteiger partial charge < -0.3 is 9.32 Å². The van der Waals surface area contributed by atoms with E-state index in [0.717, 1.165) is 11.4 Å². The summed E-state index contributed by atoms with van der Waals surface area (Å²) in [5.41, 5.74) is 0.600. The van der Waals surface area contributed by atoms with E-state index >= 15 is 0 Å². The maximum absolute atomic E-state index is 13.0. The van der Waals surface area contributed by atoms with Crippen LogP contribution in [0, 0.1) is 0 Å². The molecule has 0 N–H and O–H groups in total. The van der Waals surface area contributed by atoms with E-state index in [1.165, 1.54) is 23.1 Å². The van der Waals surface area contributed by atoms with Crippen molar-refractivity contribution in [3.63, 3.8) is 0 Å². The highest BCUT2D eigenvalue weighted by Gasteiger charge is 2.17. The predicted molar refractivity (Wildman–Crippen MR) is 111 cm³/mol. The summed E-state index contributed by atoms with van der Waals surface area (Å²) in [5, 5.41) is 2.94. The van der Waals surface area contributed by atoms with Crippen LogP contribution in [0.5, 0.6) is 0 Å². The lowest BCUT2D eigenvalue weighted by molar-refractivity contribution is -0.127. The van der Waals surface area contributed by atoms with Crippen LogP contribution in [0.15, 0.2) is 74.5 Å². The van der Waals surface area contributed by atoms with Crippen molar-refractivity contribution in [2.45, 2.75) is 11.7 Å². The molecule has 28 heavy (non-hydrogen) atoms. The number of hydrogen-bond acceptors (Lipinski definition) is 6. The van der Waals surface area contributed by atoms with Crippen molar-refractivity contribution in [2.75, 3.05) is 12.8 Å². The van der Waals surface area contributed by atoms with Crippen LogP contribution in [0.3, 0.4) is 0 Å². The first kappa shape index (κ1) is 18.5. The molecule has 6 nitrogen and oxygen atoms in total. The average molecular weight is 412 g/mol. The zero-order chi connectivity index (χ0) is 19.5. The summed E-state index contributed by atoms with van der Waals surface area (Å²) < 4.78 is 6.86. The molecule has 0 atom stereocenters. The number of thioether (sulfide) groups is 1. The summed E-state index contributed by atoms with van der Waals surface area (Å²) >= 11 is 2.68. The first-order chi connectivity index (χ1) is 13.6. The molecule has 3 heterocycles. The molecule has 0 saturated carbocycles. The molecule has 0 saturated heterocycles. The molecule has 0 aliphatic heterocycles. The van der Waals surface area contributed by atoms with Gasteiger partial charge in [-0.05, 0) is 35.7 Å². The quantitative estimate of drug-likeness (QED) is 0.357. The van der Waals surface area contributed by atoms with E-state index in [1.807, 2.05) is 41.8 Å². The molecular formula is C20H17N3O3S2. The number of benzene rings is 1. The van der Waals surface area contributed by atoms with Crippen molar-refractivity contribution in [2.24, 2.45) is 0 Å². The number of hydrogen-bond donors (Lipinski definition) is 0. The minimum absolute atomic E-state index is 0.0680. The van der Waals surface area contributed by atoms with Crippen molar-refractivity contribution >= 4 is 39.2 Å². The van der Waals surface area contributed by atoms with Gasteiger partial charge in [0.05, 0.1) is 29.6 Å². The Kier molecular flexibility index (Phi) is 5.31. The smallest absolute Gasteiger partial charge is 0.267 e.